The molecule has 1 heterocycles. The molecular formula is C19H20F2N2O4S. The number of halogens is 2. The van der Waals surface area contributed by atoms with Crippen LogP contribution in [0.2, 0.25) is 0 Å². The first kappa shape index (κ1) is 21.5. The molecule has 2 aromatic rings. The van der Waals surface area contributed by atoms with E-state index in [1.165, 1.54) is 18.3 Å². The van der Waals surface area contributed by atoms with Crippen LogP contribution in [-0.4, -0.2) is 29.9 Å². The van der Waals surface area contributed by atoms with Crippen molar-refractivity contribution in [3.63, 3.8) is 0 Å². The molecule has 2 N–H and O–H groups in total. The largest absolute Gasteiger partial charge is 0.451 e. The molecule has 2 atom stereocenters. The molecule has 2 amide bonds. The average Bonchev–Trinajstić information content (AvgIpc) is 3.16. The lowest BCUT2D eigenvalue weighted by atomic mass is 10.0. The van der Waals surface area contributed by atoms with Gasteiger partial charge in [-0.1, -0.05) is 26.0 Å². The summed E-state index contributed by atoms with van der Waals surface area (Å²) in [5, 5.41) is 6.37. The van der Waals surface area contributed by atoms with Crippen LogP contribution in [0.5, 0.6) is 0 Å². The van der Waals surface area contributed by atoms with Gasteiger partial charge >= 0.3 is 5.97 Å². The highest BCUT2D eigenvalue weighted by Gasteiger charge is 2.30. The third-order valence-electron chi connectivity index (χ3n) is 3.83. The van der Waals surface area contributed by atoms with E-state index in [1.54, 1.807) is 31.4 Å². The minimum Gasteiger partial charge on any atom is -0.451 e. The molecule has 0 bridgehead atoms. The van der Waals surface area contributed by atoms with Crippen LogP contribution in [0.3, 0.4) is 0 Å². The number of anilines is 1. The smallest absolute Gasteiger partial charge is 0.329 e. The summed E-state index contributed by atoms with van der Waals surface area (Å²) in [6.07, 6.45) is -1.33. The first-order chi connectivity index (χ1) is 13.2. The van der Waals surface area contributed by atoms with Crippen LogP contribution in [0.4, 0.5) is 14.5 Å². The van der Waals surface area contributed by atoms with Crippen molar-refractivity contribution in [3.05, 3.63) is 52.2 Å². The Morgan fingerprint density at radius 2 is 1.68 bits per heavy atom. The number of nitrogens with one attached hydrogen (secondary N) is 2. The normalized spacial score (nSPS) is 12.9. The molecule has 0 aliphatic carbocycles. The molecular weight excluding hydrogens is 390 g/mol. The maximum Gasteiger partial charge on any atom is 0.329 e. The number of carbonyl (C=O) groups is 3. The van der Waals surface area contributed by atoms with Gasteiger partial charge in [-0.2, -0.15) is 0 Å². The van der Waals surface area contributed by atoms with Gasteiger partial charge < -0.3 is 15.4 Å². The average molecular weight is 410 g/mol. The van der Waals surface area contributed by atoms with Crippen LogP contribution in [0.1, 0.15) is 30.4 Å². The summed E-state index contributed by atoms with van der Waals surface area (Å²) in [5.41, 5.74) is -0.623. The van der Waals surface area contributed by atoms with Gasteiger partial charge in [0.15, 0.2) is 6.10 Å². The van der Waals surface area contributed by atoms with Crippen LogP contribution in [0, 0.1) is 17.6 Å². The second-order valence-corrected chi connectivity index (χ2v) is 7.29. The van der Waals surface area contributed by atoms with Gasteiger partial charge in [0.25, 0.3) is 11.8 Å². The van der Waals surface area contributed by atoms with E-state index in [1.807, 2.05) is 0 Å². The molecule has 0 spiro atoms. The van der Waals surface area contributed by atoms with Crippen molar-refractivity contribution in [1.82, 2.24) is 5.32 Å². The summed E-state index contributed by atoms with van der Waals surface area (Å²) in [6, 6.07) is 5.47. The van der Waals surface area contributed by atoms with E-state index in [0.717, 1.165) is 18.2 Å². The van der Waals surface area contributed by atoms with Gasteiger partial charge in [0.05, 0.1) is 4.88 Å². The molecule has 1 aromatic carbocycles. The molecule has 0 aliphatic rings. The molecule has 6 nitrogen and oxygen atoms in total. The molecule has 150 valence electrons. The maximum atomic E-state index is 13.6. The minimum absolute atomic E-state index is 0.310. The second-order valence-electron chi connectivity index (χ2n) is 6.34. The number of esters is 1. The predicted octanol–water partition coefficient (Wildman–Crippen LogP) is 3.35. The van der Waals surface area contributed by atoms with Gasteiger partial charge in [-0.3, -0.25) is 9.59 Å². The lowest BCUT2D eigenvalue weighted by molar-refractivity contribution is -0.156. The maximum absolute atomic E-state index is 13.6. The van der Waals surface area contributed by atoms with Crippen LogP contribution in [0.15, 0.2) is 35.7 Å². The van der Waals surface area contributed by atoms with E-state index in [0.29, 0.717) is 4.88 Å². The fourth-order valence-corrected chi connectivity index (χ4v) is 2.89. The van der Waals surface area contributed by atoms with Gasteiger partial charge in [0.2, 0.25) is 0 Å². The minimum atomic E-state index is -1.33. The topological polar surface area (TPSA) is 84.5 Å². The molecule has 0 radical (unpaired) electrons. The van der Waals surface area contributed by atoms with E-state index in [-0.39, 0.29) is 5.92 Å². The molecule has 0 saturated heterocycles. The fourth-order valence-electron chi connectivity index (χ4n) is 2.26. The van der Waals surface area contributed by atoms with Crippen molar-refractivity contribution in [1.29, 1.82) is 0 Å². The van der Waals surface area contributed by atoms with Gasteiger partial charge in [-0.25, -0.2) is 13.6 Å². The molecule has 0 aliphatic heterocycles. The number of rotatable bonds is 7. The van der Waals surface area contributed by atoms with Crippen molar-refractivity contribution in [2.45, 2.75) is 32.9 Å². The molecule has 0 saturated carbocycles. The monoisotopic (exact) mass is 410 g/mol. The number of thiophene rings is 1. The van der Waals surface area contributed by atoms with Crippen molar-refractivity contribution < 1.29 is 27.9 Å². The summed E-state index contributed by atoms with van der Waals surface area (Å²) in [7, 11) is 0. The van der Waals surface area contributed by atoms with E-state index >= 15 is 0 Å². The Bertz CT molecular complexity index is 835. The van der Waals surface area contributed by atoms with Crippen molar-refractivity contribution in [2.24, 2.45) is 5.92 Å². The summed E-state index contributed by atoms with van der Waals surface area (Å²) in [4.78, 5) is 37.2. The Kier molecular flexibility index (Phi) is 7.22. The number of benzene rings is 1. The molecule has 9 heteroatoms. The van der Waals surface area contributed by atoms with Gasteiger partial charge in [-0.15, -0.1) is 11.3 Å². The first-order valence-corrected chi connectivity index (χ1v) is 9.38. The quantitative estimate of drug-likeness (QED) is 0.686. The Labute approximate surface area is 164 Å². The van der Waals surface area contributed by atoms with Gasteiger partial charge in [0.1, 0.15) is 23.4 Å². The highest BCUT2D eigenvalue weighted by Crippen LogP contribution is 2.18. The van der Waals surface area contributed by atoms with E-state index in [2.05, 4.69) is 10.6 Å². The first-order valence-electron chi connectivity index (χ1n) is 8.50. The van der Waals surface area contributed by atoms with Gasteiger partial charge in [-0.05, 0) is 36.4 Å². The van der Waals surface area contributed by atoms with E-state index in [4.69, 9.17) is 4.74 Å². The second kappa shape index (κ2) is 9.41. The zero-order chi connectivity index (χ0) is 20.8. The van der Waals surface area contributed by atoms with Crippen LogP contribution >= 0.6 is 11.3 Å². The molecule has 2 rings (SSSR count). The third-order valence-corrected chi connectivity index (χ3v) is 4.69. The third kappa shape index (κ3) is 5.35. The molecule has 28 heavy (non-hydrogen) atoms. The van der Waals surface area contributed by atoms with Crippen molar-refractivity contribution in [3.8, 4) is 0 Å². The summed E-state index contributed by atoms with van der Waals surface area (Å²) >= 11 is 1.22. The highest BCUT2D eigenvalue weighted by atomic mass is 32.1. The Hall–Kier alpha value is -2.81. The zero-order valence-corrected chi connectivity index (χ0v) is 16.3. The number of carbonyl (C=O) groups excluding carboxylic acids is 3. The lowest BCUT2D eigenvalue weighted by Crippen LogP contribution is -2.47. The summed E-state index contributed by atoms with van der Waals surface area (Å²) < 4.78 is 32.4. The Morgan fingerprint density at radius 1 is 1.04 bits per heavy atom. The standard InChI is InChI=1S/C19H20F2N2O4S/c1-10(2)15(22-18(25)14-8-5-9-28-14)19(26)27-11(3)17(24)23-16-12(20)6-4-7-13(16)21/h4-11,15H,1-3H3,(H,22,25)(H,23,24)/t11-,15-/m1/s1. The predicted molar refractivity (Wildman–Crippen MR) is 101 cm³/mol. The number of para-hydroxylation sites is 1. The zero-order valence-electron chi connectivity index (χ0n) is 15.5. The summed E-state index contributed by atoms with van der Waals surface area (Å²) in [5.74, 6) is -4.36. The lowest BCUT2D eigenvalue weighted by Gasteiger charge is -2.22. The van der Waals surface area contributed by atoms with Gasteiger partial charge in [0, 0.05) is 0 Å². The summed E-state index contributed by atoms with van der Waals surface area (Å²) in [6.45, 7) is 4.69. The fraction of sp³-hybridized carbons (Fsp3) is 0.316. The van der Waals surface area contributed by atoms with Crippen LogP contribution < -0.4 is 10.6 Å². The van der Waals surface area contributed by atoms with Crippen LogP contribution in [-0.2, 0) is 14.3 Å². The molecule has 0 unspecified atom stereocenters. The number of hydrogen-bond acceptors (Lipinski definition) is 5. The highest BCUT2D eigenvalue weighted by molar-refractivity contribution is 7.12. The van der Waals surface area contributed by atoms with Crippen molar-refractivity contribution in [2.75, 3.05) is 5.32 Å². The Balaban J connectivity index is 2.01. The van der Waals surface area contributed by atoms with Crippen LogP contribution in [0.25, 0.3) is 0 Å². The Morgan fingerprint density at radius 3 is 2.21 bits per heavy atom. The number of amides is 2. The van der Waals surface area contributed by atoms with Crippen molar-refractivity contribution >= 4 is 34.8 Å². The van der Waals surface area contributed by atoms with E-state index in [9.17, 15) is 23.2 Å². The van der Waals surface area contributed by atoms with E-state index < -0.39 is 47.3 Å². The number of ether oxygens (including phenoxy) is 1. The SMILES string of the molecule is CC(C)[C@@H](NC(=O)c1cccs1)C(=O)O[C@H](C)C(=O)Nc1c(F)cccc1F. The molecule has 0 fully saturated rings. The molecule has 1 aromatic heterocycles. The number of hydrogen-bond donors (Lipinski definition) is 2.